The zero-order valence-electron chi connectivity index (χ0n) is 19.5. The van der Waals surface area contributed by atoms with Gasteiger partial charge in [0.05, 0.1) is 21.3 Å². The van der Waals surface area contributed by atoms with E-state index in [-0.39, 0.29) is 33.5 Å². The monoisotopic (exact) mass is 555 g/mol. The van der Waals surface area contributed by atoms with E-state index < -0.39 is 31.1 Å². The SMILES string of the molecule is Cc1ccc(S(=O)(=O)Oc2ccc(/C=C3\SC(=O)N(Cc4ccc([N+](=O)[O-])cc4)C3=O)cc2)cc1[N+](=O)[O-]. The minimum Gasteiger partial charge on any atom is -0.379 e. The van der Waals surface area contributed by atoms with Gasteiger partial charge in [0.2, 0.25) is 0 Å². The first-order valence-electron chi connectivity index (χ1n) is 10.7. The lowest BCUT2D eigenvalue weighted by Gasteiger charge is -2.12. The number of aryl methyl sites for hydroxylation is 1. The average Bonchev–Trinajstić information content (AvgIpc) is 3.12. The summed E-state index contributed by atoms with van der Waals surface area (Å²) in [6, 6.07) is 14.6. The summed E-state index contributed by atoms with van der Waals surface area (Å²) in [7, 11) is -4.35. The fraction of sp³-hybridized carbons (Fsp3) is 0.0833. The number of amides is 2. The van der Waals surface area contributed by atoms with Crippen LogP contribution >= 0.6 is 11.8 Å². The normalized spacial score (nSPS) is 14.7. The molecular formula is C24H17N3O9S2. The molecule has 1 saturated heterocycles. The van der Waals surface area contributed by atoms with E-state index in [4.69, 9.17) is 4.18 Å². The molecule has 1 aliphatic heterocycles. The summed E-state index contributed by atoms with van der Waals surface area (Å²) < 4.78 is 30.3. The van der Waals surface area contributed by atoms with Crippen LogP contribution in [0.4, 0.5) is 16.2 Å². The Morgan fingerprint density at radius 3 is 2.21 bits per heavy atom. The summed E-state index contributed by atoms with van der Waals surface area (Å²) in [5, 5.41) is 21.4. The highest BCUT2D eigenvalue weighted by Crippen LogP contribution is 2.34. The highest BCUT2D eigenvalue weighted by molar-refractivity contribution is 8.18. The number of hydrogen-bond acceptors (Lipinski definition) is 10. The third-order valence-electron chi connectivity index (χ3n) is 5.41. The summed E-state index contributed by atoms with van der Waals surface area (Å²) in [5.74, 6) is -0.598. The number of nitro benzene ring substituents is 2. The Balaban J connectivity index is 1.46. The molecule has 3 aromatic carbocycles. The lowest BCUT2D eigenvalue weighted by atomic mass is 10.2. The molecular weight excluding hydrogens is 538 g/mol. The molecule has 0 radical (unpaired) electrons. The largest absolute Gasteiger partial charge is 0.379 e. The molecule has 1 heterocycles. The van der Waals surface area contributed by atoms with Gasteiger partial charge in [0.25, 0.3) is 22.5 Å². The maximum Gasteiger partial charge on any atom is 0.339 e. The van der Waals surface area contributed by atoms with Gasteiger partial charge in [-0.2, -0.15) is 8.42 Å². The van der Waals surface area contributed by atoms with E-state index in [2.05, 4.69) is 0 Å². The molecule has 194 valence electrons. The predicted molar refractivity (Wildman–Crippen MR) is 137 cm³/mol. The summed E-state index contributed by atoms with van der Waals surface area (Å²) in [5.41, 5.74) is 0.869. The maximum absolute atomic E-state index is 12.8. The summed E-state index contributed by atoms with van der Waals surface area (Å²) in [6.07, 6.45) is 1.46. The number of non-ortho nitro benzene ring substituents is 1. The number of hydrogen-bond donors (Lipinski definition) is 0. The van der Waals surface area contributed by atoms with E-state index in [0.29, 0.717) is 16.7 Å². The van der Waals surface area contributed by atoms with Crippen LogP contribution in [0.5, 0.6) is 5.75 Å². The van der Waals surface area contributed by atoms with E-state index in [1.807, 2.05) is 0 Å². The van der Waals surface area contributed by atoms with Crippen molar-refractivity contribution in [1.29, 1.82) is 0 Å². The van der Waals surface area contributed by atoms with Crippen molar-refractivity contribution in [3.63, 3.8) is 0 Å². The Labute approximate surface area is 219 Å². The highest BCUT2D eigenvalue weighted by Gasteiger charge is 2.35. The average molecular weight is 556 g/mol. The number of carbonyl (C=O) groups is 2. The number of rotatable bonds is 8. The minimum absolute atomic E-state index is 0.0538. The fourth-order valence-electron chi connectivity index (χ4n) is 3.43. The van der Waals surface area contributed by atoms with E-state index in [0.717, 1.165) is 22.7 Å². The van der Waals surface area contributed by atoms with Crippen LogP contribution in [0, 0.1) is 27.2 Å². The topological polar surface area (TPSA) is 167 Å². The van der Waals surface area contributed by atoms with Crippen LogP contribution in [0.2, 0.25) is 0 Å². The first kappa shape index (κ1) is 26.5. The van der Waals surface area contributed by atoms with Gasteiger partial charge in [-0.25, -0.2) is 0 Å². The number of imide groups is 1. The minimum atomic E-state index is -4.35. The van der Waals surface area contributed by atoms with E-state index in [9.17, 15) is 38.2 Å². The van der Waals surface area contributed by atoms with Gasteiger partial charge in [0.1, 0.15) is 10.6 Å². The van der Waals surface area contributed by atoms with Gasteiger partial charge < -0.3 is 4.18 Å². The molecule has 0 N–H and O–H groups in total. The van der Waals surface area contributed by atoms with Crippen molar-refractivity contribution in [2.45, 2.75) is 18.4 Å². The fourth-order valence-corrected chi connectivity index (χ4v) is 5.22. The molecule has 2 amide bonds. The predicted octanol–water partition coefficient (Wildman–Crippen LogP) is 4.82. The highest BCUT2D eigenvalue weighted by atomic mass is 32.2. The first-order valence-corrected chi connectivity index (χ1v) is 13.0. The molecule has 3 aromatic rings. The van der Waals surface area contributed by atoms with Gasteiger partial charge in [-0.1, -0.05) is 30.3 Å². The maximum atomic E-state index is 12.8. The quantitative estimate of drug-likeness (QED) is 0.163. The standard InChI is InChI=1S/C24H17N3O9S2/c1-15-2-11-20(13-21(15)27(32)33)38(34,35)36-19-9-5-16(6-10-19)12-22-23(28)25(24(29)37-22)14-17-3-7-18(8-4-17)26(30)31/h2-13H,14H2,1H3/b22-12-. The van der Waals surface area contributed by atoms with Gasteiger partial charge in [-0.05, 0) is 54.1 Å². The van der Waals surface area contributed by atoms with Crippen molar-refractivity contribution in [3.8, 4) is 5.75 Å². The Bertz CT molecular complexity index is 1600. The van der Waals surface area contributed by atoms with Crippen molar-refractivity contribution in [2.24, 2.45) is 0 Å². The molecule has 0 aromatic heterocycles. The van der Waals surface area contributed by atoms with Crippen LogP contribution in [0.1, 0.15) is 16.7 Å². The molecule has 0 saturated carbocycles. The number of thioether (sulfide) groups is 1. The van der Waals surface area contributed by atoms with Crippen molar-refractivity contribution in [3.05, 3.63) is 109 Å². The molecule has 14 heteroatoms. The molecule has 0 atom stereocenters. The molecule has 1 aliphatic rings. The molecule has 0 unspecified atom stereocenters. The molecule has 0 bridgehead atoms. The summed E-state index contributed by atoms with van der Waals surface area (Å²) >= 11 is 0.728. The van der Waals surface area contributed by atoms with Crippen molar-refractivity contribution in [2.75, 3.05) is 0 Å². The lowest BCUT2D eigenvalue weighted by Crippen LogP contribution is -2.27. The van der Waals surface area contributed by atoms with Gasteiger partial charge >= 0.3 is 10.1 Å². The molecule has 38 heavy (non-hydrogen) atoms. The molecule has 0 spiro atoms. The van der Waals surface area contributed by atoms with Crippen molar-refractivity contribution >= 4 is 50.5 Å². The first-order chi connectivity index (χ1) is 17.9. The van der Waals surface area contributed by atoms with Crippen LogP contribution in [0.25, 0.3) is 6.08 Å². The van der Waals surface area contributed by atoms with E-state index in [1.165, 1.54) is 73.7 Å². The second kappa shape index (κ2) is 10.4. The number of carbonyl (C=O) groups excluding carboxylic acids is 2. The Hall–Kier alpha value is -4.56. The molecule has 1 fully saturated rings. The number of benzene rings is 3. The Morgan fingerprint density at radius 1 is 0.947 bits per heavy atom. The second-order valence-corrected chi connectivity index (χ2v) is 10.5. The smallest absolute Gasteiger partial charge is 0.339 e. The van der Waals surface area contributed by atoms with Crippen LogP contribution < -0.4 is 4.18 Å². The Morgan fingerprint density at radius 2 is 1.61 bits per heavy atom. The van der Waals surface area contributed by atoms with E-state index >= 15 is 0 Å². The van der Waals surface area contributed by atoms with Gasteiger partial charge in [-0.3, -0.25) is 34.7 Å². The van der Waals surface area contributed by atoms with Crippen LogP contribution in [-0.4, -0.2) is 34.3 Å². The van der Waals surface area contributed by atoms with Gasteiger partial charge in [0.15, 0.2) is 0 Å². The third kappa shape index (κ3) is 5.71. The number of nitro groups is 2. The Kier molecular flexibility index (Phi) is 7.28. The van der Waals surface area contributed by atoms with Crippen LogP contribution in [0.3, 0.4) is 0 Å². The molecule has 0 aliphatic carbocycles. The second-order valence-electron chi connectivity index (χ2n) is 8.00. The van der Waals surface area contributed by atoms with Crippen LogP contribution in [-0.2, 0) is 21.5 Å². The number of nitrogens with zero attached hydrogens (tertiary/aromatic N) is 3. The van der Waals surface area contributed by atoms with E-state index in [1.54, 1.807) is 0 Å². The zero-order valence-corrected chi connectivity index (χ0v) is 21.1. The summed E-state index contributed by atoms with van der Waals surface area (Å²) in [4.78, 5) is 46.6. The van der Waals surface area contributed by atoms with Gasteiger partial charge in [-0.15, -0.1) is 0 Å². The van der Waals surface area contributed by atoms with Crippen molar-refractivity contribution in [1.82, 2.24) is 4.90 Å². The lowest BCUT2D eigenvalue weighted by molar-refractivity contribution is -0.385. The van der Waals surface area contributed by atoms with Gasteiger partial charge in [0, 0.05) is 23.8 Å². The third-order valence-corrected chi connectivity index (χ3v) is 7.56. The molecule has 4 rings (SSSR count). The molecule has 12 nitrogen and oxygen atoms in total. The van der Waals surface area contributed by atoms with Crippen LogP contribution in [0.15, 0.2) is 76.5 Å². The van der Waals surface area contributed by atoms with Crippen molar-refractivity contribution < 1.29 is 32.0 Å². The zero-order chi connectivity index (χ0) is 27.6. The summed E-state index contributed by atoms with van der Waals surface area (Å²) in [6.45, 7) is 1.43.